The lowest BCUT2D eigenvalue weighted by molar-refractivity contribution is -0.385. The third kappa shape index (κ3) is 2.90. The molecule has 0 bridgehead atoms. The molecule has 7 heteroatoms. The Bertz CT molecular complexity index is 471. The highest BCUT2D eigenvalue weighted by Gasteiger charge is 2.27. The van der Waals surface area contributed by atoms with Gasteiger partial charge in [0.05, 0.1) is 4.92 Å². The second kappa shape index (κ2) is 4.36. The second-order valence-electron chi connectivity index (χ2n) is 4.17. The number of aliphatic carboxylic acids is 1. The summed E-state index contributed by atoms with van der Waals surface area (Å²) < 4.78 is 0. The number of pyridine rings is 1. The molecular weight excluding hydrogens is 226 g/mol. The van der Waals surface area contributed by atoms with Crippen LogP contribution >= 0.6 is 0 Å². The quantitative estimate of drug-likeness (QED) is 0.610. The third-order valence-electron chi connectivity index (χ3n) is 2.26. The van der Waals surface area contributed by atoms with Crippen LogP contribution in [-0.4, -0.2) is 26.5 Å². The molecule has 0 aliphatic carbocycles. The highest BCUT2D eigenvalue weighted by atomic mass is 16.6. The smallest absolute Gasteiger partial charge is 0.328 e. The van der Waals surface area contributed by atoms with Crippen LogP contribution in [0.25, 0.3) is 0 Å². The molecule has 1 aromatic heterocycles. The molecule has 2 N–H and O–H groups in total. The van der Waals surface area contributed by atoms with Crippen molar-refractivity contribution < 1.29 is 14.8 Å². The molecule has 17 heavy (non-hydrogen) atoms. The highest BCUT2D eigenvalue weighted by Crippen LogP contribution is 2.21. The molecule has 7 nitrogen and oxygen atoms in total. The van der Waals surface area contributed by atoms with E-state index in [1.807, 2.05) is 0 Å². The van der Waals surface area contributed by atoms with Gasteiger partial charge in [-0.3, -0.25) is 10.1 Å². The van der Waals surface area contributed by atoms with Gasteiger partial charge in [0.25, 0.3) is 5.69 Å². The molecule has 0 aliphatic rings. The minimum Gasteiger partial charge on any atom is -0.480 e. The zero-order chi connectivity index (χ0) is 13.2. The fourth-order valence-electron chi connectivity index (χ4n) is 1.18. The van der Waals surface area contributed by atoms with Crippen molar-refractivity contribution in [3.63, 3.8) is 0 Å². The Balaban J connectivity index is 2.99. The van der Waals surface area contributed by atoms with Gasteiger partial charge in [0.15, 0.2) is 0 Å². The standard InChI is InChI=1S/C10H13N3O4/c1-6-4-8(11-5-7(6)13(16)17)12-10(2,3)9(14)15/h4-5H,1-3H3,(H,11,12)(H,14,15). The summed E-state index contributed by atoms with van der Waals surface area (Å²) in [5, 5.41) is 22.2. The Kier molecular flexibility index (Phi) is 3.31. The number of carboxylic acid groups (broad SMARTS) is 1. The molecule has 0 fully saturated rings. The summed E-state index contributed by atoms with van der Waals surface area (Å²) in [7, 11) is 0. The van der Waals surface area contributed by atoms with Crippen LogP contribution in [0.4, 0.5) is 11.5 Å². The van der Waals surface area contributed by atoms with Gasteiger partial charge >= 0.3 is 5.97 Å². The Morgan fingerprint density at radius 3 is 2.59 bits per heavy atom. The fraction of sp³-hybridized carbons (Fsp3) is 0.400. The maximum absolute atomic E-state index is 10.9. The Morgan fingerprint density at radius 2 is 2.18 bits per heavy atom. The number of aromatic nitrogens is 1. The average molecular weight is 239 g/mol. The van der Waals surface area contributed by atoms with E-state index >= 15 is 0 Å². The number of carboxylic acids is 1. The first kappa shape index (κ1) is 12.9. The van der Waals surface area contributed by atoms with Gasteiger partial charge in [-0.15, -0.1) is 0 Å². The second-order valence-corrected chi connectivity index (χ2v) is 4.17. The topological polar surface area (TPSA) is 105 Å². The molecule has 0 aliphatic heterocycles. The lowest BCUT2D eigenvalue weighted by Gasteiger charge is -2.21. The number of aryl methyl sites for hydroxylation is 1. The van der Waals surface area contributed by atoms with E-state index in [1.165, 1.54) is 19.9 Å². The minimum atomic E-state index is -1.18. The molecule has 0 unspecified atom stereocenters. The predicted octanol–water partition coefficient (Wildman–Crippen LogP) is 1.57. The maximum Gasteiger partial charge on any atom is 0.328 e. The molecule has 0 spiro atoms. The van der Waals surface area contributed by atoms with Crippen molar-refractivity contribution in [1.29, 1.82) is 0 Å². The van der Waals surface area contributed by atoms with Crippen LogP contribution in [-0.2, 0) is 4.79 Å². The Hall–Kier alpha value is -2.18. The number of anilines is 1. The van der Waals surface area contributed by atoms with E-state index in [1.54, 1.807) is 6.92 Å². The molecular formula is C10H13N3O4. The molecule has 0 aromatic carbocycles. The SMILES string of the molecule is Cc1cc(NC(C)(C)C(=O)O)ncc1[N+](=O)[O-]. The minimum absolute atomic E-state index is 0.0938. The summed E-state index contributed by atoms with van der Waals surface area (Å²) in [6.07, 6.45) is 1.11. The monoisotopic (exact) mass is 239 g/mol. The summed E-state index contributed by atoms with van der Waals surface area (Å²) in [5.74, 6) is -0.740. The van der Waals surface area contributed by atoms with E-state index in [2.05, 4.69) is 10.3 Å². The van der Waals surface area contributed by atoms with Crippen LogP contribution in [0.2, 0.25) is 0 Å². The first-order valence-electron chi connectivity index (χ1n) is 4.86. The third-order valence-corrected chi connectivity index (χ3v) is 2.26. The van der Waals surface area contributed by atoms with Gasteiger partial charge < -0.3 is 10.4 Å². The molecule has 0 amide bonds. The van der Waals surface area contributed by atoms with E-state index in [0.29, 0.717) is 11.4 Å². The van der Waals surface area contributed by atoms with E-state index in [9.17, 15) is 14.9 Å². The zero-order valence-electron chi connectivity index (χ0n) is 9.72. The number of carbonyl (C=O) groups is 1. The first-order valence-corrected chi connectivity index (χ1v) is 4.86. The van der Waals surface area contributed by atoms with Gasteiger partial charge in [0, 0.05) is 5.56 Å². The number of rotatable bonds is 4. The van der Waals surface area contributed by atoms with Crippen molar-refractivity contribution in [3.05, 3.63) is 27.9 Å². The van der Waals surface area contributed by atoms with Crippen LogP contribution in [0, 0.1) is 17.0 Å². The molecule has 0 saturated heterocycles. The molecule has 92 valence electrons. The molecule has 1 rings (SSSR count). The number of hydrogen-bond acceptors (Lipinski definition) is 5. The van der Waals surface area contributed by atoms with Crippen molar-refractivity contribution in [2.75, 3.05) is 5.32 Å². The Labute approximate surface area is 97.6 Å². The van der Waals surface area contributed by atoms with Gasteiger partial charge in [0.1, 0.15) is 17.6 Å². The fourth-order valence-corrected chi connectivity index (χ4v) is 1.18. The molecule has 0 saturated carbocycles. The highest BCUT2D eigenvalue weighted by molar-refractivity contribution is 5.81. The molecule has 1 heterocycles. The van der Waals surface area contributed by atoms with Gasteiger partial charge in [-0.25, -0.2) is 9.78 Å². The summed E-state index contributed by atoms with van der Waals surface area (Å²) in [6.45, 7) is 4.53. The summed E-state index contributed by atoms with van der Waals surface area (Å²) in [5.41, 5.74) is -0.854. The number of hydrogen-bond donors (Lipinski definition) is 2. The van der Waals surface area contributed by atoms with Crippen LogP contribution < -0.4 is 5.32 Å². The van der Waals surface area contributed by atoms with Crippen molar-refractivity contribution in [2.24, 2.45) is 0 Å². The van der Waals surface area contributed by atoms with Crippen molar-refractivity contribution in [2.45, 2.75) is 26.3 Å². The van der Waals surface area contributed by atoms with Crippen LogP contribution in [0.15, 0.2) is 12.3 Å². The first-order chi connectivity index (χ1) is 7.74. The lowest BCUT2D eigenvalue weighted by Crippen LogP contribution is -2.40. The summed E-state index contributed by atoms with van der Waals surface area (Å²) in [4.78, 5) is 24.7. The van der Waals surface area contributed by atoms with Gasteiger partial charge in [0.2, 0.25) is 0 Å². The van der Waals surface area contributed by atoms with Gasteiger partial charge in [-0.2, -0.15) is 0 Å². The molecule has 0 atom stereocenters. The van der Waals surface area contributed by atoms with Gasteiger partial charge in [-0.05, 0) is 26.8 Å². The molecule has 1 aromatic rings. The van der Waals surface area contributed by atoms with Crippen LogP contribution in [0.5, 0.6) is 0 Å². The van der Waals surface area contributed by atoms with E-state index in [0.717, 1.165) is 6.20 Å². The number of nitrogens with one attached hydrogen (secondary N) is 1. The van der Waals surface area contributed by atoms with E-state index in [-0.39, 0.29) is 5.69 Å². The van der Waals surface area contributed by atoms with Crippen LogP contribution in [0.3, 0.4) is 0 Å². The Morgan fingerprint density at radius 1 is 1.59 bits per heavy atom. The zero-order valence-corrected chi connectivity index (χ0v) is 9.72. The number of nitro groups is 1. The van der Waals surface area contributed by atoms with Crippen molar-refractivity contribution in [3.8, 4) is 0 Å². The summed E-state index contributed by atoms with van der Waals surface area (Å²) >= 11 is 0. The van der Waals surface area contributed by atoms with Crippen molar-refractivity contribution >= 4 is 17.5 Å². The maximum atomic E-state index is 10.9. The van der Waals surface area contributed by atoms with E-state index < -0.39 is 16.4 Å². The molecule has 0 radical (unpaired) electrons. The van der Waals surface area contributed by atoms with Crippen LogP contribution in [0.1, 0.15) is 19.4 Å². The number of nitrogens with zero attached hydrogens (tertiary/aromatic N) is 2. The largest absolute Gasteiger partial charge is 0.480 e. The normalized spacial score (nSPS) is 11.0. The summed E-state index contributed by atoms with van der Waals surface area (Å²) in [6, 6.07) is 1.45. The van der Waals surface area contributed by atoms with Gasteiger partial charge in [-0.1, -0.05) is 0 Å². The van der Waals surface area contributed by atoms with E-state index in [4.69, 9.17) is 5.11 Å². The average Bonchev–Trinajstić information content (AvgIpc) is 2.15. The van der Waals surface area contributed by atoms with Crippen molar-refractivity contribution in [1.82, 2.24) is 4.98 Å². The lowest BCUT2D eigenvalue weighted by atomic mass is 10.1. The predicted molar refractivity (Wildman–Crippen MR) is 61.0 cm³/mol.